The van der Waals surface area contributed by atoms with Gasteiger partial charge in [-0.2, -0.15) is 0 Å². The molecule has 17 heavy (non-hydrogen) atoms. The average molecular weight is 250 g/mol. The number of aryl methyl sites for hydroxylation is 1. The lowest BCUT2D eigenvalue weighted by Gasteiger charge is -2.22. The normalized spacial score (nSPS) is 10.0. The van der Waals surface area contributed by atoms with Crippen LogP contribution in [0.5, 0.6) is 0 Å². The highest BCUT2D eigenvalue weighted by Gasteiger charge is 2.16. The van der Waals surface area contributed by atoms with E-state index in [2.05, 4.69) is 0 Å². The molecule has 1 aromatic rings. The topological polar surface area (TPSA) is 46.3 Å². The van der Waals surface area contributed by atoms with Gasteiger partial charge in [0.15, 0.2) is 0 Å². The number of carbonyl (C=O) groups is 1. The average Bonchev–Trinajstić information content (AvgIpc) is 2.28. The van der Waals surface area contributed by atoms with E-state index in [1.54, 1.807) is 4.90 Å². The molecule has 1 rings (SSSR count). The van der Waals surface area contributed by atoms with Gasteiger partial charge in [-0.05, 0) is 25.0 Å². The minimum absolute atomic E-state index is 0.00208. The van der Waals surface area contributed by atoms with Gasteiger partial charge in [-0.25, -0.2) is 0 Å². The molecule has 3 nitrogen and oxygen atoms in total. The fourth-order valence-corrected chi connectivity index (χ4v) is 1.85. The first kappa shape index (κ1) is 13.6. The van der Waals surface area contributed by atoms with Crippen LogP contribution in [-0.2, 0) is 0 Å². The predicted molar refractivity (Wildman–Crippen MR) is 74.2 cm³/mol. The van der Waals surface area contributed by atoms with Crippen molar-refractivity contribution in [1.29, 1.82) is 0 Å². The van der Waals surface area contributed by atoms with Gasteiger partial charge in [0.1, 0.15) is 0 Å². The number of rotatable bonds is 5. The van der Waals surface area contributed by atoms with Crippen molar-refractivity contribution in [1.82, 2.24) is 4.90 Å². The molecule has 0 atom stereocenters. The molecule has 0 aromatic heterocycles. The van der Waals surface area contributed by atoms with Crippen molar-refractivity contribution in [3.05, 3.63) is 35.4 Å². The third-order valence-corrected chi connectivity index (χ3v) is 2.63. The Kier molecular flexibility index (Phi) is 5.10. The number of amides is 1. The fraction of sp³-hybridized carbons (Fsp3) is 0.385. The Morgan fingerprint density at radius 2 is 2.06 bits per heavy atom. The second-order valence-corrected chi connectivity index (χ2v) is 4.53. The number of carbonyl (C=O) groups excluding carboxylic acids is 1. The summed E-state index contributed by atoms with van der Waals surface area (Å²) < 4.78 is 0. The lowest BCUT2D eigenvalue weighted by molar-refractivity contribution is 0.0779. The second-order valence-electron chi connectivity index (χ2n) is 4.01. The summed E-state index contributed by atoms with van der Waals surface area (Å²) in [5.74, 6) is -0.00208. The molecule has 0 heterocycles. The molecular weight excluding hydrogens is 232 g/mol. The monoisotopic (exact) mass is 250 g/mol. The van der Waals surface area contributed by atoms with E-state index in [0.717, 1.165) is 17.5 Å². The van der Waals surface area contributed by atoms with E-state index in [0.29, 0.717) is 18.1 Å². The fourth-order valence-electron chi connectivity index (χ4n) is 1.69. The van der Waals surface area contributed by atoms with Crippen LogP contribution in [0.1, 0.15) is 29.3 Å². The molecule has 1 aromatic carbocycles. The van der Waals surface area contributed by atoms with Gasteiger partial charge in [0, 0.05) is 12.1 Å². The van der Waals surface area contributed by atoms with E-state index in [1.165, 1.54) is 0 Å². The Bertz CT molecular complexity index is 418. The SMILES string of the molecule is CCCN(CC(N)=S)C(=O)c1ccccc1C. The van der Waals surface area contributed by atoms with Crippen LogP contribution in [0.25, 0.3) is 0 Å². The van der Waals surface area contributed by atoms with E-state index in [1.807, 2.05) is 38.1 Å². The zero-order chi connectivity index (χ0) is 12.8. The van der Waals surface area contributed by atoms with Crippen LogP contribution in [0.3, 0.4) is 0 Å². The number of hydrogen-bond donors (Lipinski definition) is 1. The molecule has 2 N–H and O–H groups in total. The smallest absolute Gasteiger partial charge is 0.254 e. The summed E-state index contributed by atoms with van der Waals surface area (Å²) in [7, 11) is 0. The molecule has 0 aliphatic carbocycles. The van der Waals surface area contributed by atoms with E-state index in [4.69, 9.17) is 18.0 Å². The maximum absolute atomic E-state index is 12.3. The summed E-state index contributed by atoms with van der Waals surface area (Å²) >= 11 is 4.87. The Hall–Kier alpha value is -1.42. The van der Waals surface area contributed by atoms with Gasteiger partial charge in [-0.15, -0.1) is 0 Å². The number of thiocarbonyl (C=S) groups is 1. The van der Waals surface area contributed by atoms with E-state index in [9.17, 15) is 4.79 Å². The Morgan fingerprint density at radius 1 is 1.41 bits per heavy atom. The third-order valence-electron chi connectivity index (χ3n) is 2.50. The van der Waals surface area contributed by atoms with E-state index in [-0.39, 0.29) is 5.91 Å². The zero-order valence-corrected chi connectivity index (χ0v) is 11.1. The van der Waals surface area contributed by atoms with E-state index < -0.39 is 0 Å². The van der Waals surface area contributed by atoms with Crippen molar-refractivity contribution in [3.8, 4) is 0 Å². The highest BCUT2D eigenvalue weighted by Crippen LogP contribution is 2.10. The lowest BCUT2D eigenvalue weighted by atomic mass is 10.1. The molecule has 0 saturated heterocycles. The third kappa shape index (κ3) is 3.82. The summed E-state index contributed by atoms with van der Waals surface area (Å²) in [6, 6.07) is 7.55. The van der Waals surface area contributed by atoms with Crippen LogP contribution in [-0.4, -0.2) is 28.9 Å². The van der Waals surface area contributed by atoms with Gasteiger partial charge in [0.2, 0.25) is 0 Å². The molecule has 0 aliphatic rings. The molecule has 0 spiro atoms. The van der Waals surface area contributed by atoms with Crippen LogP contribution >= 0.6 is 12.2 Å². The Balaban J connectivity index is 2.91. The minimum Gasteiger partial charge on any atom is -0.392 e. The van der Waals surface area contributed by atoms with Gasteiger partial charge in [0.25, 0.3) is 5.91 Å². The predicted octanol–water partition coefficient (Wildman–Crippen LogP) is 2.13. The van der Waals surface area contributed by atoms with Crippen LogP contribution in [0.15, 0.2) is 24.3 Å². The summed E-state index contributed by atoms with van der Waals surface area (Å²) in [6.07, 6.45) is 0.889. The van der Waals surface area contributed by atoms with Crippen molar-refractivity contribution in [2.75, 3.05) is 13.1 Å². The number of hydrogen-bond acceptors (Lipinski definition) is 2. The lowest BCUT2D eigenvalue weighted by Crippen LogP contribution is -2.38. The molecule has 1 amide bonds. The molecule has 0 aliphatic heterocycles. The first-order chi connectivity index (χ1) is 8.06. The van der Waals surface area contributed by atoms with Crippen LogP contribution < -0.4 is 5.73 Å². The Labute approximate surface area is 108 Å². The Morgan fingerprint density at radius 3 is 2.59 bits per heavy atom. The molecule has 0 bridgehead atoms. The van der Waals surface area contributed by atoms with Gasteiger partial charge in [0.05, 0.1) is 11.5 Å². The summed E-state index contributed by atoms with van der Waals surface area (Å²) in [5.41, 5.74) is 7.21. The van der Waals surface area contributed by atoms with Gasteiger partial charge in [-0.3, -0.25) is 4.79 Å². The van der Waals surface area contributed by atoms with Gasteiger partial charge >= 0.3 is 0 Å². The molecular formula is C13H18N2OS. The van der Waals surface area contributed by atoms with Crippen molar-refractivity contribution in [3.63, 3.8) is 0 Å². The summed E-state index contributed by atoms with van der Waals surface area (Å²) in [6.45, 7) is 4.97. The van der Waals surface area contributed by atoms with Crippen molar-refractivity contribution in [2.24, 2.45) is 5.73 Å². The maximum atomic E-state index is 12.3. The standard InChI is InChI=1S/C13H18N2OS/c1-3-8-15(9-12(14)17)13(16)11-7-5-4-6-10(11)2/h4-7H,3,8-9H2,1-2H3,(H2,14,17). The number of nitrogens with two attached hydrogens (primary N) is 1. The maximum Gasteiger partial charge on any atom is 0.254 e. The molecule has 0 saturated carbocycles. The second kappa shape index (κ2) is 6.35. The number of benzene rings is 1. The number of nitrogens with zero attached hydrogens (tertiary/aromatic N) is 1. The molecule has 0 unspecified atom stereocenters. The first-order valence-corrected chi connectivity index (χ1v) is 6.10. The van der Waals surface area contributed by atoms with Crippen LogP contribution in [0.4, 0.5) is 0 Å². The molecule has 0 fully saturated rings. The van der Waals surface area contributed by atoms with Gasteiger partial charge < -0.3 is 10.6 Å². The summed E-state index contributed by atoms with van der Waals surface area (Å²) in [4.78, 5) is 14.3. The quantitative estimate of drug-likeness (QED) is 0.814. The molecule has 0 radical (unpaired) electrons. The molecule has 4 heteroatoms. The first-order valence-electron chi connectivity index (χ1n) is 5.69. The zero-order valence-electron chi connectivity index (χ0n) is 10.3. The largest absolute Gasteiger partial charge is 0.392 e. The highest BCUT2D eigenvalue weighted by molar-refractivity contribution is 7.80. The van der Waals surface area contributed by atoms with Gasteiger partial charge in [-0.1, -0.05) is 37.3 Å². The molecule has 92 valence electrons. The van der Waals surface area contributed by atoms with Crippen LogP contribution in [0.2, 0.25) is 0 Å². The van der Waals surface area contributed by atoms with Crippen molar-refractivity contribution in [2.45, 2.75) is 20.3 Å². The van der Waals surface area contributed by atoms with Crippen molar-refractivity contribution < 1.29 is 4.79 Å². The highest BCUT2D eigenvalue weighted by atomic mass is 32.1. The minimum atomic E-state index is -0.00208. The van der Waals surface area contributed by atoms with E-state index >= 15 is 0 Å². The van der Waals surface area contributed by atoms with Crippen LogP contribution in [0, 0.1) is 6.92 Å². The summed E-state index contributed by atoms with van der Waals surface area (Å²) in [5, 5.41) is 0. The van der Waals surface area contributed by atoms with Crippen molar-refractivity contribution >= 4 is 23.1 Å².